The van der Waals surface area contributed by atoms with E-state index < -0.39 is 36.3 Å². The molecule has 1 amide bonds. The molecular formula is C19H31NO5S2Si. The minimum absolute atomic E-state index is 0.0120. The Bertz CT molecular complexity index is 716. The zero-order chi connectivity index (χ0) is 21.7. The summed E-state index contributed by atoms with van der Waals surface area (Å²) in [5, 5.41) is 9.67. The number of β-lactam (4-membered cyclic amide) rings is 1. The van der Waals surface area contributed by atoms with Crippen molar-refractivity contribution in [2.24, 2.45) is 5.92 Å². The minimum Gasteiger partial charge on any atom is -0.611 e. The van der Waals surface area contributed by atoms with Crippen LogP contribution in [0.2, 0.25) is 18.1 Å². The monoisotopic (exact) mass is 445 g/mol. The molecular weight excluding hydrogens is 414 g/mol. The molecule has 0 aromatic heterocycles. The number of aliphatic carboxylic acids is 1. The molecule has 1 saturated heterocycles. The van der Waals surface area contributed by atoms with Gasteiger partial charge in [0.05, 0.1) is 12.0 Å². The molecule has 6 nitrogen and oxygen atoms in total. The quantitative estimate of drug-likeness (QED) is 0.264. The van der Waals surface area contributed by atoms with Crippen molar-refractivity contribution in [3.63, 3.8) is 0 Å². The lowest BCUT2D eigenvalue weighted by atomic mass is 9.78. The van der Waals surface area contributed by atoms with Crippen molar-refractivity contribution in [1.29, 1.82) is 0 Å². The minimum atomic E-state index is -2.14. The highest BCUT2D eigenvalue weighted by molar-refractivity contribution is 8.19. The predicted molar refractivity (Wildman–Crippen MR) is 117 cm³/mol. The average Bonchev–Trinajstić information content (AvgIpc) is 2.84. The fourth-order valence-electron chi connectivity index (χ4n) is 3.54. The van der Waals surface area contributed by atoms with Gasteiger partial charge in [-0.3, -0.25) is 9.69 Å². The molecule has 0 aromatic carbocycles. The van der Waals surface area contributed by atoms with Crippen LogP contribution < -0.4 is 0 Å². The molecule has 2 rings (SSSR count). The third kappa shape index (κ3) is 3.60. The highest BCUT2D eigenvalue weighted by Crippen LogP contribution is 2.62. The van der Waals surface area contributed by atoms with Crippen LogP contribution in [0.5, 0.6) is 0 Å². The molecule has 0 saturated carbocycles. The predicted octanol–water partition coefficient (Wildman–Crippen LogP) is 3.90. The van der Waals surface area contributed by atoms with E-state index in [1.165, 1.54) is 22.9 Å². The van der Waals surface area contributed by atoms with Crippen LogP contribution in [-0.4, -0.2) is 52.0 Å². The number of rotatable bonds is 8. The van der Waals surface area contributed by atoms with E-state index >= 15 is 0 Å². The second-order valence-corrected chi connectivity index (χ2v) is 16.5. The Labute approximate surface area is 176 Å². The first-order chi connectivity index (χ1) is 12.7. The van der Waals surface area contributed by atoms with E-state index in [-0.39, 0.29) is 27.0 Å². The molecule has 2 aliphatic heterocycles. The first-order valence-corrected chi connectivity index (χ1v) is 14.7. The molecule has 2 aliphatic rings. The van der Waals surface area contributed by atoms with Crippen LogP contribution in [0, 0.1) is 5.92 Å². The van der Waals surface area contributed by atoms with Crippen molar-refractivity contribution in [3.05, 3.63) is 22.6 Å². The van der Waals surface area contributed by atoms with Gasteiger partial charge in [-0.15, -0.1) is 6.58 Å². The number of hydrogen-bond acceptors (Lipinski definition) is 5. The largest absolute Gasteiger partial charge is 0.611 e. The van der Waals surface area contributed by atoms with Gasteiger partial charge in [-0.2, -0.15) is 0 Å². The van der Waals surface area contributed by atoms with Gasteiger partial charge in [0, 0.05) is 0 Å². The smallest absolute Gasteiger partial charge is 0.358 e. The SMILES string of the molecule is C=CC[C@]12SC([S+](C)[O-])=C(C(=O)O)N1C(=O)[C@H]2[C@H](CC)O[Si](C)(C)C(C)(C)C. The van der Waals surface area contributed by atoms with E-state index in [4.69, 9.17) is 4.43 Å². The van der Waals surface area contributed by atoms with Gasteiger partial charge in [0.25, 0.3) is 0 Å². The number of amides is 1. The molecule has 0 bridgehead atoms. The number of nitrogens with zero attached hydrogens (tertiary/aromatic N) is 1. The third-order valence-corrected chi connectivity index (χ3v) is 13.5. The van der Waals surface area contributed by atoms with Gasteiger partial charge in [0.2, 0.25) is 10.1 Å². The highest BCUT2D eigenvalue weighted by Gasteiger charge is 2.70. The number of carbonyl (C=O) groups excluding carboxylic acids is 1. The van der Waals surface area contributed by atoms with Crippen molar-refractivity contribution in [3.8, 4) is 0 Å². The van der Waals surface area contributed by atoms with Gasteiger partial charge in [0.1, 0.15) is 11.1 Å². The van der Waals surface area contributed by atoms with Crippen LogP contribution in [0.15, 0.2) is 22.6 Å². The standard InChI is InChI=1S/C19H31NO5S2Si/c1-9-11-19-13(12(10-2)25-28(7,8)18(3,4)5)15(21)20(19)14(16(22)23)17(26-19)27(6)24/h9,12-13H,1,10-11H2,2-8H3,(H,22,23)/t12-,13+,19+,27?/m0/s1. The highest BCUT2D eigenvalue weighted by atomic mass is 32.3. The molecule has 0 radical (unpaired) electrons. The van der Waals surface area contributed by atoms with Crippen molar-refractivity contribution in [2.75, 3.05) is 6.26 Å². The van der Waals surface area contributed by atoms with Gasteiger partial charge in [-0.25, -0.2) is 4.79 Å². The molecule has 9 heteroatoms. The fourth-order valence-corrected chi connectivity index (χ4v) is 7.75. The van der Waals surface area contributed by atoms with Crippen LogP contribution in [0.3, 0.4) is 0 Å². The van der Waals surface area contributed by atoms with E-state index in [0.717, 1.165) is 0 Å². The number of thioether (sulfide) groups is 1. The summed E-state index contributed by atoms with van der Waals surface area (Å²) in [6.07, 6.45) is 3.87. The van der Waals surface area contributed by atoms with Crippen LogP contribution in [0.25, 0.3) is 0 Å². The van der Waals surface area contributed by atoms with Gasteiger partial charge in [-0.05, 0) is 53.9 Å². The summed E-state index contributed by atoms with van der Waals surface area (Å²) in [5.41, 5.74) is -0.156. The average molecular weight is 446 g/mol. The maximum atomic E-state index is 13.2. The Morgan fingerprint density at radius 1 is 1.54 bits per heavy atom. The molecule has 28 heavy (non-hydrogen) atoms. The zero-order valence-corrected chi connectivity index (χ0v) is 20.3. The maximum Gasteiger partial charge on any atom is 0.358 e. The van der Waals surface area contributed by atoms with Crippen LogP contribution in [0.4, 0.5) is 0 Å². The van der Waals surface area contributed by atoms with Crippen molar-refractivity contribution in [2.45, 2.75) is 69.6 Å². The molecule has 0 aliphatic carbocycles. The Kier molecular flexibility index (Phi) is 6.58. The lowest BCUT2D eigenvalue weighted by Crippen LogP contribution is -2.71. The molecule has 1 unspecified atom stereocenters. The lowest BCUT2D eigenvalue weighted by molar-refractivity contribution is -0.166. The van der Waals surface area contributed by atoms with E-state index in [1.54, 1.807) is 6.08 Å². The maximum absolute atomic E-state index is 13.2. The number of hydrogen-bond donors (Lipinski definition) is 1. The normalized spacial score (nSPS) is 27.4. The van der Waals surface area contributed by atoms with Gasteiger partial charge < -0.3 is 14.1 Å². The summed E-state index contributed by atoms with van der Waals surface area (Å²) in [7, 11) is -2.14. The zero-order valence-electron chi connectivity index (χ0n) is 17.7. The molecule has 4 atom stereocenters. The molecule has 0 aromatic rings. The van der Waals surface area contributed by atoms with Crippen molar-refractivity contribution >= 4 is 43.1 Å². The first kappa shape index (κ1) is 23.5. The number of fused-ring (bicyclic) bond motifs is 1. The third-order valence-electron chi connectivity index (χ3n) is 5.96. The van der Waals surface area contributed by atoms with E-state index in [1.807, 2.05) is 6.92 Å². The van der Waals surface area contributed by atoms with Crippen LogP contribution >= 0.6 is 11.8 Å². The van der Waals surface area contributed by atoms with Crippen molar-refractivity contribution in [1.82, 2.24) is 4.90 Å². The summed E-state index contributed by atoms with van der Waals surface area (Å²) < 4.78 is 19.1. The molecule has 1 fully saturated rings. The Morgan fingerprint density at radius 3 is 2.50 bits per heavy atom. The van der Waals surface area contributed by atoms with Crippen molar-refractivity contribution < 1.29 is 23.7 Å². The molecule has 2 heterocycles. The summed E-state index contributed by atoms with van der Waals surface area (Å²) >= 11 is -0.265. The Hall–Kier alpha value is -0.743. The second kappa shape index (κ2) is 7.83. The Balaban J connectivity index is 2.46. The molecule has 0 spiro atoms. The van der Waals surface area contributed by atoms with Crippen LogP contribution in [-0.2, 0) is 25.2 Å². The van der Waals surface area contributed by atoms with E-state index in [9.17, 15) is 19.2 Å². The topological polar surface area (TPSA) is 89.9 Å². The molecule has 158 valence electrons. The van der Waals surface area contributed by atoms with Gasteiger partial charge in [-0.1, -0.05) is 33.8 Å². The first-order valence-electron chi connectivity index (χ1n) is 9.38. The number of carboxylic acid groups (broad SMARTS) is 1. The summed E-state index contributed by atoms with van der Waals surface area (Å²) in [4.78, 5) is 25.5. The summed E-state index contributed by atoms with van der Waals surface area (Å²) in [6.45, 7) is 16.5. The summed E-state index contributed by atoms with van der Waals surface area (Å²) in [6, 6.07) is 0. The summed E-state index contributed by atoms with van der Waals surface area (Å²) in [5.74, 6) is -1.99. The fraction of sp³-hybridized carbons (Fsp3) is 0.684. The van der Waals surface area contributed by atoms with E-state index in [2.05, 4.69) is 40.4 Å². The van der Waals surface area contributed by atoms with Crippen LogP contribution in [0.1, 0.15) is 40.5 Å². The van der Waals surface area contributed by atoms with E-state index in [0.29, 0.717) is 12.8 Å². The Morgan fingerprint density at radius 2 is 2.11 bits per heavy atom. The lowest BCUT2D eigenvalue weighted by Gasteiger charge is -2.56. The second-order valence-electron chi connectivity index (χ2n) is 8.81. The number of carbonyl (C=O) groups is 2. The number of carboxylic acids is 1. The van der Waals surface area contributed by atoms with Gasteiger partial charge in [0.15, 0.2) is 14.0 Å². The van der Waals surface area contributed by atoms with Gasteiger partial charge >= 0.3 is 5.97 Å². The molecule has 1 N–H and O–H groups in total.